The smallest absolute Gasteiger partial charge is 0.380 e. The zero-order valence-electron chi connectivity index (χ0n) is 11.0. The third kappa shape index (κ3) is 4.17. The van der Waals surface area contributed by atoms with E-state index >= 15 is 0 Å². The number of piperidine rings is 1. The topological polar surface area (TPSA) is 52.6 Å². The van der Waals surface area contributed by atoms with Gasteiger partial charge < -0.3 is 15.3 Å². The Kier molecular flexibility index (Phi) is 5.37. The van der Waals surface area contributed by atoms with E-state index in [-0.39, 0.29) is 24.4 Å². The number of likely N-dealkylation sites (tertiary alicyclic amines) is 1. The van der Waals surface area contributed by atoms with Crippen LogP contribution in [0.3, 0.4) is 0 Å². The van der Waals surface area contributed by atoms with Crippen molar-refractivity contribution in [2.24, 2.45) is 0 Å². The minimum atomic E-state index is -4.64. The lowest BCUT2D eigenvalue weighted by Crippen LogP contribution is -2.56. The summed E-state index contributed by atoms with van der Waals surface area (Å²) >= 11 is 1.59. The van der Waals surface area contributed by atoms with Crippen molar-refractivity contribution in [3.05, 3.63) is 0 Å². The molecule has 0 aromatic rings. The lowest BCUT2D eigenvalue weighted by atomic mass is 9.91. The summed E-state index contributed by atoms with van der Waals surface area (Å²) in [7, 11) is 0. The molecule has 0 saturated carbocycles. The molecular formula is C11H19F3N2O2S. The van der Waals surface area contributed by atoms with Gasteiger partial charge >= 0.3 is 12.2 Å². The number of rotatable bonds is 3. The van der Waals surface area contributed by atoms with E-state index in [1.54, 1.807) is 11.8 Å². The Balaban J connectivity index is 2.43. The van der Waals surface area contributed by atoms with E-state index in [4.69, 9.17) is 0 Å². The second-order valence-corrected chi connectivity index (χ2v) is 6.02. The highest BCUT2D eigenvalue weighted by atomic mass is 32.2. The van der Waals surface area contributed by atoms with Crippen molar-refractivity contribution < 1.29 is 23.1 Å². The van der Waals surface area contributed by atoms with E-state index < -0.39 is 24.6 Å². The van der Waals surface area contributed by atoms with Gasteiger partial charge in [0.25, 0.3) is 0 Å². The molecule has 0 aromatic carbocycles. The molecule has 2 amide bonds. The van der Waals surface area contributed by atoms with Crippen molar-refractivity contribution in [3.63, 3.8) is 0 Å². The van der Waals surface area contributed by atoms with Gasteiger partial charge in [0.2, 0.25) is 0 Å². The highest BCUT2D eigenvalue weighted by Crippen LogP contribution is 2.38. The molecule has 1 aliphatic heterocycles. The number of alkyl halides is 3. The van der Waals surface area contributed by atoms with Crippen molar-refractivity contribution in [3.8, 4) is 0 Å². The van der Waals surface area contributed by atoms with Gasteiger partial charge in [0.05, 0.1) is 0 Å². The highest BCUT2D eigenvalue weighted by molar-refractivity contribution is 7.99. The van der Waals surface area contributed by atoms with Gasteiger partial charge in [-0.25, -0.2) is 4.79 Å². The van der Waals surface area contributed by atoms with Crippen LogP contribution in [0.15, 0.2) is 0 Å². The third-order valence-corrected chi connectivity index (χ3v) is 4.32. The van der Waals surface area contributed by atoms with Gasteiger partial charge in [-0.3, -0.25) is 0 Å². The highest BCUT2D eigenvalue weighted by Gasteiger charge is 2.54. The number of nitrogens with one attached hydrogen (secondary N) is 1. The van der Waals surface area contributed by atoms with Gasteiger partial charge in [-0.15, -0.1) is 0 Å². The number of hydrogen-bond donors (Lipinski definition) is 2. The minimum absolute atomic E-state index is 0.0878. The van der Waals surface area contributed by atoms with Gasteiger partial charge in [0.1, 0.15) is 0 Å². The van der Waals surface area contributed by atoms with Crippen LogP contribution in [-0.4, -0.2) is 59.0 Å². The van der Waals surface area contributed by atoms with Crippen molar-refractivity contribution in [2.45, 2.75) is 36.8 Å². The maximum absolute atomic E-state index is 12.6. The van der Waals surface area contributed by atoms with Gasteiger partial charge in [0.15, 0.2) is 5.60 Å². The second-order valence-electron chi connectivity index (χ2n) is 4.75. The Bertz CT molecular complexity index is 318. The summed E-state index contributed by atoms with van der Waals surface area (Å²) in [5, 5.41) is 12.4. The molecule has 0 spiro atoms. The van der Waals surface area contributed by atoms with Crippen LogP contribution in [0, 0.1) is 0 Å². The number of thioether (sulfide) groups is 1. The maximum atomic E-state index is 12.6. The third-order valence-electron chi connectivity index (χ3n) is 3.35. The number of urea groups is 1. The van der Waals surface area contributed by atoms with E-state index in [0.717, 1.165) is 0 Å². The Labute approximate surface area is 114 Å². The zero-order valence-corrected chi connectivity index (χ0v) is 11.8. The van der Waals surface area contributed by atoms with Crippen LogP contribution < -0.4 is 5.32 Å². The standard InChI is InChI=1S/C11H19F3N2O2S/c1-8(19-2)7-15-9(17)16-5-3-10(18,4-6-16)11(12,13)14/h8,18H,3-7H2,1-2H3,(H,15,17). The van der Waals surface area contributed by atoms with E-state index in [0.29, 0.717) is 6.54 Å². The second kappa shape index (κ2) is 6.21. The molecule has 0 aliphatic carbocycles. The van der Waals surface area contributed by atoms with Crippen molar-refractivity contribution in [2.75, 3.05) is 25.9 Å². The summed E-state index contributed by atoms with van der Waals surface area (Å²) in [5.74, 6) is 0. The summed E-state index contributed by atoms with van der Waals surface area (Å²) in [6.07, 6.45) is -3.66. The Morgan fingerprint density at radius 2 is 2.00 bits per heavy atom. The normalized spacial score (nSPS) is 21.1. The molecule has 1 fully saturated rings. The van der Waals surface area contributed by atoms with E-state index in [1.165, 1.54) is 4.90 Å². The molecule has 1 unspecified atom stereocenters. The van der Waals surface area contributed by atoms with E-state index in [2.05, 4.69) is 5.32 Å². The first-order chi connectivity index (χ1) is 8.69. The lowest BCUT2D eigenvalue weighted by Gasteiger charge is -2.39. The lowest BCUT2D eigenvalue weighted by molar-refractivity contribution is -0.271. The first-order valence-corrected chi connectivity index (χ1v) is 7.33. The average molecular weight is 300 g/mol. The van der Waals surface area contributed by atoms with Crippen LogP contribution in [-0.2, 0) is 0 Å². The largest absolute Gasteiger partial charge is 0.417 e. The summed E-state index contributed by atoms with van der Waals surface area (Å²) in [6.45, 7) is 2.24. The van der Waals surface area contributed by atoms with Crippen LogP contribution in [0.2, 0.25) is 0 Å². The van der Waals surface area contributed by atoms with Gasteiger partial charge in [-0.2, -0.15) is 24.9 Å². The summed E-state index contributed by atoms with van der Waals surface area (Å²) in [4.78, 5) is 13.0. The molecule has 1 heterocycles. The molecule has 2 N–H and O–H groups in total. The molecule has 1 atom stereocenters. The van der Waals surface area contributed by atoms with Crippen molar-refractivity contribution in [1.29, 1.82) is 0 Å². The van der Waals surface area contributed by atoms with E-state index in [9.17, 15) is 23.1 Å². The molecule has 0 aromatic heterocycles. The van der Waals surface area contributed by atoms with Crippen LogP contribution in [0.4, 0.5) is 18.0 Å². The predicted octanol–water partition coefficient (Wildman–Crippen LogP) is 1.84. The van der Waals surface area contributed by atoms with Crippen molar-refractivity contribution in [1.82, 2.24) is 10.2 Å². The van der Waals surface area contributed by atoms with Crippen LogP contribution >= 0.6 is 11.8 Å². The molecule has 0 radical (unpaired) electrons. The fourth-order valence-corrected chi connectivity index (χ4v) is 2.04. The van der Waals surface area contributed by atoms with Crippen molar-refractivity contribution >= 4 is 17.8 Å². The Morgan fingerprint density at radius 1 is 1.47 bits per heavy atom. The number of halogens is 3. The molecule has 1 aliphatic rings. The predicted molar refractivity (Wildman–Crippen MR) is 68.2 cm³/mol. The monoisotopic (exact) mass is 300 g/mol. The van der Waals surface area contributed by atoms with Gasteiger partial charge in [0, 0.05) is 37.7 Å². The molecule has 112 valence electrons. The van der Waals surface area contributed by atoms with Crippen LogP contribution in [0.25, 0.3) is 0 Å². The zero-order chi connectivity index (χ0) is 14.7. The molecular weight excluding hydrogens is 281 g/mol. The van der Waals surface area contributed by atoms with Crippen LogP contribution in [0.5, 0.6) is 0 Å². The summed E-state index contributed by atoms with van der Waals surface area (Å²) in [6, 6.07) is -0.370. The summed E-state index contributed by atoms with van der Waals surface area (Å²) in [5.41, 5.74) is -2.66. The number of hydrogen-bond acceptors (Lipinski definition) is 3. The first-order valence-electron chi connectivity index (χ1n) is 6.04. The molecule has 1 saturated heterocycles. The molecule has 4 nitrogen and oxygen atoms in total. The number of aliphatic hydroxyl groups is 1. The number of nitrogens with zero attached hydrogens (tertiary/aromatic N) is 1. The molecule has 8 heteroatoms. The molecule has 1 rings (SSSR count). The number of carbonyl (C=O) groups excluding carboxylic acids is 1. The maximum Gasteiger partial charge on any atom is 0.417 e. The SMILES string of the molecule is CSC(C)CNC(=O)N1CCC(O)(C(F)(F)F)CC1. The fourth-order valence-electron chi connectivity index (χ4n) is 1.79. The Morgan fingerprint density at radius 3 is 2.42 bits per heavy atom. The average Bonchev–Trinajstić information content (AvgIpc) is 2.35. The first kappa shape index (κ1) is 16.4. The van der Waals surface area contributed by atoms with Gasteiger partial charge in [-0.05, 0) is 6.26 Å². The molecule has 0 bridgehead atoms. The number of carbonyl (C=O) groups is 1. The fraction of sp³-hybridized carbons (Fsp3) is 0.909. The minimum Gasteiger partial charge on any atom is -0.380 e. The number of amides is 2. The molecule has 19 heavy (non-hydrogen) atoms. The van der Waals surface area contributed by atoms with Gasteiger partial charge in [-0.1, -0.05) is 6.92 Å². The van der Waals surface area contributed by atoms with E-state index in [1.807, 2.05) is 13.2 Å². The summed E-state index contributed by atoms with van der Waals surface area (Å²) < 4.78 is 37.7. The quantitative estimate of drug-likeness (QED) is 0.836. The Hall–Kier alpha value is -0.630. The van der Waals surface area contributed by atoms with Crippen LogP contribution in [0.1, 0.15) is 19.8 Å².